The average molecular weight is 448 g/mol. The van der Waals surface area contributed by atoms with Crippen LogP contribution in [0.25, 0.3) is 11.3 Å². The van der Waals surface area contributed by atoms with Gasteiger partial charge in [-0.3, -0.25) is 14.3 Å². The molecule has 0 N–H and O–H groups in total. The monoisotopic (exact) mass is 447 g/mol. The number of piperidine rings is 1. The molecule has 0 aliphatic carbocycles. The summed E-state index contributed by atoms with van der Waals surface area (Å²) in [6.07, 6.45) is 3.30. The molecule has 0 bridgehead atoms. The molecule has 1 aliphatic rings. The summed E-state index contributed by atoms with van der Waals surface area (Å²) in [6.45, 7) is 3.66. The lowest BCUT2D eigenvalue weighted by Gasteiger charge is -2.31. The van der Waals surface area contributed by atoms with Crippen LogP contribution in [0.5, 0.6) is 5.75 Å². The maximum atomic E-state index is 13.6. The molecule has 33 heavy (non-hydrogen) atoms. The molecule has 0 radical (unpaired) electrons. The highest BCUT2D eigenvalue weighted by atomic mass is 16.5. The van der Waals surface area contributed by atoms with Crippen LogP contribution in [0.2, 0.25) is 0 Å². The number of hydrogen-bond donors (Lipinski definition) is 0. The number of aromatic nitrogens is 2. The molecule has 1 fully saturated rings. The zero-order chi connectivity index (χ0) is 23.2. The minimum absolute atomic E-state index is 0.124. The minimum atomic E-state index is -0.290. The molecule has 1 aromatic heterocycles. The largest absolute Gasteiger partial charge is 0.497 e. The van der Waals surface area contributed by atoms with Gasteiger partial charge in [0.1, 0.15) is 11.4 Å². The molecule has 172 valence electrons. The van der Waals surface area contributed by atoms with E-state index in [1.165, 1.54) is 0 Å². The molecule has 3 aromatic rings. The fraction of sp³-hybridized carbons (Fsp3) is 0.346. The standard InChI is InChI=1S/C26H29N3O4/c1-3-33-26(31)21-12-8-14-28(17-21)25(30)23-18-29(16-19-9-5-4-6-10-19)27-24(23)20-11-7-13-22(15-20)32-2/h4-7,9-11,13,15,18,21H,3,8,12,14,16-17H2,1-2H3. The van der Waals surface area contributed by atoms with E-state index in [2.05, 4.69) is 0 Å². The molecule has 1 unspecified atom stereocenters. The first-order chi connectivity index (χ1) is 16.1. The van der Waals surface area contributed by atoms with E-state index in [4.69, 9.17) is 14.6 Å². The van der Waals surface area contributed by atoms with Gasteiger partial charge >= 0.3 is 5.97 Å². The van der Waals surface area contributed by atoms with Crippen molar-refractivity contribution in [2.75, 3.05) is 26.8 Å². The van der Waals surface area contributed by atoms with E-state index in [0.29, 0.717) is 43.2 Å². The lowest BCUT2D eigenvalue weighted by atomic mass is 9.97. The Balaban J connectivity index is 1.66. The Morgan fingerprint density at radius 3 is 2.70 bits per heavy atom. The van der Waals surface area contributed by atoms with Crippen molar-refractivity contribution in [3.63, 3.8) is 0 Å². The fourth-order valence-corrected chi connectivity index (χ4v) is 4.20. The quantitative estimate of drug-likeness (QED) is 0.512. The van der Waals surface area contributed by atoms with E-state index < -0.39 is 0 Å². The zero-order valence-corrected chi connectivity index (χ0v) is 19.1. The Kier molecular flexibility index (Phi) is 7.07. The summed E-state index contributed by atoms with van der Waals surface area (Å²) in [7, 11) is 1.61. The van der Waals surface area contributed by atoms with Crippen molar-refractivity contribution in [3.05, 3.63) is 71.9 Å². The SMILES string of the molecule is CCOC(=O)C1CCCN(C(=O)c2cn(Cc3ccccc3)nc2-c2cccc(OC)c2)C1. The third kappa shape index (κ3) is 5.25. The van der Waals surface area contributed by atoms with Gasteiger partial charge in [0.2, 0.25) is 0 Å². The maximum absolute atomic E-state index is 13.6. The number of methoxy groups -OCH3 is 1. The van der Waals surface area contributed by atoms with Crippen molar-refractivity contribution in [2.24, 2.45) is 5.92 Å². The minimum Gasteiger partial charge on any atom is -0.497 e. The number of esters is 1. The van der Waals surface area contributed by atoms with Crippen molar-refractivity contribution in [2.45, 2.75) is 26.3 Å². The highest BCUT2D eigenvalue weighted by Gasteiger charge is 2.31. The van der Waals surface area contributed by atoms with Gasteiger partial charge in [-0.15, -0.1) is 0 Å². The third-order valence-electron chi connectivity index (χ3n) is 5.85. The van der Waals surface area contributed by atoms with Crippen LogP contribution in [0.3, 0.4) is 0 Å². The van der Waals surface area contributed by atoms with Crippen LogP contribution in [0.15, 0.2) is 60.8 Å². The lowest BCUT2D eigenvalue weighted by molar-refractivity contribution is -0.149. The van der Waals surface area contributed by atoms with E-state index in [0.717, 1.165) is 24.0 Å². The third-order valence-corrected chi connectivity index (χ3v) is 5.85. The van der Waals surface area contributed by atoms with Crippen molar-refractivity contribution < 1.29 is 19.1 Å². The number of carbonyl (C=O) groups is 2. The first kappa shape index (κ1) is 22.6. The molecule has 0 saturated carbocycles. The van der Waals surface area contributed by atoms with Gasteiger partial charge in [0.25, 0.3) is 5.91 Å². The molecule has 1 aliphatic heterocycles. The topological polar surface area (TPSA) is 73.7 Å². The molecule has 4 rings (SSSR count). The maximum Gasteiger partial charge on any atom is 0.310 e. The smallest absolute Gasteiger partial charge is 0.310 e. The number of hydrogen-bond acceptors (Lipinski definition) is 5. The first-order valence-corrected chi connectivity index (χ1v) is 11.3. The summed E-state index contributed by atoms with van der Waals surface area (Å²) in [5.41, 5.74) is 3.02. The molecule has 1 saturated heterocycles. The highest BCUT2D eigenvalue weighted by molar-refractivity contribution is 6.00. The molecule has 7 nitrogen and oxygen atoms in total. The van der Waals surface area contributed by atoms with E-state index in [9.17, 15) is 9.59 Å². The second-order valence-electron chi connectivity index (χ2n) is 8.15. The van der Waals surface area contributed by atoms with Crippen LogP contribution < -0.4 is 4.74 Å². The van der Waals surface area contributed by atoms with Gasteiger partial charge in [0.05, 0.1) is 31.7 Å². The molecular weight excluding hydrogens is 418 g/mol. The summed E-state index contributed by atoms with van der Waals surface area (Å²) in [5.74, 6) is 0.0510. The van der Waals surface area contributed by atoms with Crippen molar-refractivity contribution in [3.8, 4) is 17.0 Å². The molecule has 1 atom stereocenters. The Labute approximate surface area is 193 Å². The Hall–Kier alpha value is -3.61. The summed E-state index contributed by atoms with van der Waals surface area (Å²) in [4.78, 5) is 27.7. The van der Waals surface area contributed by atoms with Crippen molar-refractivity contribution >= 4 is 11.9 Å². The Morgan fingerprint density at radius 2 is 1.94 bits per heavy atom. The molecule has 2 heterocycles. The first-order valence-electron chi connectivity index (χ1n) is 11.3. The number of benzene rings is 2. The van der Waals surface area contributed by atoms with Gasteiger partial charge in [-0.2, -0.15) is 5.10 Å². The van der Waals surface area contributed by atoms with Gasteiger partial charge in [0.15, 0.2) is 0 Å². The van der Waals surface area contributed by atoms with Crippen LogP contribution in [0, 0.1) is 5.92 Å². The summed E-state index contributed by atoms with van der Waals surface area (Å²) >= 11 is 0. The average Bonchev–Trinajstić information content (AvgIpc) is 3.28. The number of carbonyl (C=O) groups excluding carboxylic acids is 2. The van der Waals surface area contributed by atoms with E-state index in [1.54, 1.807) is 29.8 Å². The predicted molar refractivity (Wildman–Crippen MR) is 125 cm³/mol. The van der Waals surface area contributed by atoms with Gasteiger partial charge in [-0.25, -0.2) is 0 Å². The second-order valence-corrected chi connectivity index (χ2v) is 8.15. The molecule has 1 amide bonds. The van der Waals surface area contributed by atoms with Crippen LogP contribution in [-0.2, 0) is 16.1 Å². The van der Waals surface area contributed by atoms with Gasteiger partial charge < -0.3 is 14.4 Å². The molecular formula is C26H29N3O4. The molecule has 0 spiro atoms. The number of likely N-dealkylation sites (tertiary alicyclic amines) is 1. The number of nitrogens with zero attached hydrogens (tertiary/aromatic N) is 3. The molecule has 7 heteroatoms. The van der Waals surface area contributed by atoms with Gasteiger partial charge in [0, 0.05) is 24.8 Å². The Morgan fingerprint density at radius 1 is 1.12 bits per heavy atom. The summed E-state index contributed by atoms with van der Waals surface area (Å²) in [6, 6.07) is 17.5. The number of amides is 1. The lowest BCUT2D eigenvalue weighted by Crippen LogP contribution is -2.42. The zero-order valence-electron chi connectivity index (χ0n) is 19.1. The van der Waals surface area contributed by atoms with Crippen LogP contribution in [0.1, 0.15) is 35.7 Å². The van der Waals surface area contributed by atoms with E-state index >= 15 is 0 Å². The van der Waals surface area contributed by atoms with E-state index in [-0.39, 0.29) is 17.8 Å². The fourth-order valence-electron chi connectivity index (χ4n) is 4.20. The summed E-state index contributed by atoms with van der Waals surface area (Å²) in [5, 5.41) is 4.77. The van der Waals surface area contributed by atoms with Crippen molar-refractivity contribution in [1.29, 1.82) is 0 Å². The summed E-state index contributed by atoms with van der Waals surface area (Å²) < 4.78 is 12.4. The van der Waals surface area contributed by atoms with Crippen LogP contribution >= 0.6 is 0 Å². The van der Waals surface area contributed by atoms with Crippen LogP contribution in [-0.4, -0.2) is 53.4 Å². The number of ether oxygens (including phenoxy) is 2. The van der Waals surface area contributed by atoms with E-state index in [1.807, 2.05) is 54.6 Å². The number of rotatable bonds is 7. The Bertz CT molecular complexity index is 1110. The molecule has 2 aromatic carbocycles. The van der Waals surface area contributed by atoms with Gasteiger partial charge in [-0.1, -0.05) is 42.5 Å². The normalized spacial score (nSPS) is 15.8. The second kappa shape index (κ2) is 10.3. The van der Waals surface area contributed by atoms with Crippen molar-refractivity contribution in [1.82, 2.24) is 14.7 Å². The van der Waals surface area contributed by atoms with Crippen LogP contribution in [0.4, 0.5) is 0 Å². The van der Waals surface area contributed by atoms with Gasteiger partial charge in [-0.05, 0) is 37.5 Å². The predicted octanol–water partition coefficient (Wildman–Crippen LogP) is 4.02. The highest BCUT2D eigenvalue weighted by Crippen LogP contribution is 2.28.